The van der Waals surface area contributed by atoms with Crippen molar-refractivity contribution in [3.8, 4) is 11.4 Å². The number of pyridine rings is 1. The van der Waals surface area contributed by atoms with Gasteiger partial charge in [-0.25, -0.2) is 4.79 Å². The van der Waals surface area contributed by atoms with Crippen molar-refractivity contribution in [1.29, 1.82) is 0 Å². The monoisotopic (exact) mass is 512 g/mol. The van der Waals surface area contributed by atoms with Gasteiger partial charge in [0.25, 0.3) is 0 Å². The first-order valence-electron chi connectivity index (χ1n) is 12.1. The van der Waals surface area contributed by atoms with E-state index in [-0.39, 0.29) is 24.2 Å². The van der Waals surface area contributed by atoms with Crippen LogP contribution in [0, 0.1) is 0 Å². The van der Waals surface area contributed by atoms with Gasteiger partial charge in [0.15, 0.2) is 5.11 Å². The number of esters is 1. The zero-order valence-corrected chi connectivity index (χ0v) is 21.7. The van der Waals surface area contributed by atoms with Crippen molar-refractivity contribution in [3.63, 3.8) is 0 Å². The summed E-state index contributed by atoms with van der Waals surface area (Å²) in [6.45, 7) is 4.01. The zero-order valence-electron chi connectivity index (χ0n) is 20.9. The fraction of sp³-hybridized carbons (Fsp3) is 0.207. The molecule has 0 radical (unpaired) electrons. The van der Waals surface area contributed by atoms with Gasteiger partial charge in [-0.2, -0.15) is 0 Å². The maximum absolute atomic E-state index is 12.2. The number of thiocarbonyl (C=S) groups is 1. The first kappa shape index (κ1) is 24.5. The number of nitrogens with zero attached hydrogens (tertiary/aromatic N) is 3. The van der Waals surface area contributed by atoms with Gasteiger partial charge in [-0.15, -0.1) is 0 Å². The lowest BCUT2D eigenvalue weighted by molar-refractivity contribution is 0.0600. The van der Waals surface area contributed by atoms with Crippen LogP contribution >= 0.6 is 12.2 Å². The van der Waals surface area contributed by atoms with Crippen LogP contribution in [0.3, 0.4) is 0 Å². The van der Waals surface area contributed by atoms with E-state index in [4.69, 9.17) is 21.7 Å². The number of carbonyl (C=O) groups is 1. The number of benzene rings is 2. The smallest absolute Gasteiger partial charge is 0.337 e. The standard InChI is InChI=1S/C29H28N4O3S/c1-19(2)36-23-14-12-21(13-15-23)33-27(26(31-29(33)37)24-10-4-5-16-30-24)25-11-7-17-32(25)22-9-6-8-20(18-22)28(34)35-3/h4-19,26-27H,1-3H3,(H,31,37)/t26-,27+/m1/s1. The van der Waals surface area contributed by atoms with Crippen LogP contribution in [0.1, 0.15) is 47.7 Å². The topological polar surface area (TPSA) is 68.6 Å². The van der Waals surface area contributed by atoms with Crippen LogP contribution in [-0.2, 0) is 4.74 Å². The Hall–Kier alpha value is -4.17. The Labute approximate surface area is 221 Å². The first-order valence-corrected chi connectivity index (χ1v) is 12.5. The molecule has 1 saturated heterocycles. The van der Waals surface area contributed by atoms with E-state index in [0.717, 1.165) is 28.5 Å². The molecule has 1 aliphatic rings. The third-order valence-electron chi connectivity index (χ3n) is 6.21. The Kier molecular flexibility index (Phi) is 6.92. The van der Waals surface area contributed by atoms with E-state index < -0.39 is 0 Å². The minimum absolute atomic E-state index is 0.0886. The molecule has 1 aliphatic heterocycles. The van der Waals surface area contributed by atoms with Crippen LogP contribution < -0.4 is 15.0 Å². The van der Waals surface area contributed by atoms with Gasteiger partial charge in [-0.1, -0.05) is 12.1 Å². The Morgan fingerprint density at radius 2 is 1.81 bits per heavy atom. The van der Waals surface area contributed by atoms with E-state index in [1.807, 2.05) is 86.8 Å². The number of ether oxygens (including phenoxy) is 2. The molecule has 7 nitrogen and oxygen atoms in total. The highest BCUT2D eigenvalue weighted by Crippen LogP contribution is 2.42. The maximum atomic E-state index is 12.2. The quantitative estimate of drug-likeness (QED) is 0.254. The molecule has 0 aliphatic carbocycles. The second-order valence-electron chi connectivity index (χ2n) is 9.00. The number of nitrogens with one attached hydrogen (secondary N) is 1. The number of rotatable bonds is 7. The van der Waals surface area contributed by atoms with Gasteiger partial charge in [0.1, 0.15) is 11.8 Å². The molecular weight excluding hydrogens is 484 g/mol. The number of aromatic nitrogens is 2. The molecule has 5 rings (SSSR count). The van der Waals surface area contributed by atoms with Gasteiger partial charge in [0, 0.05) is 29.5 Å². The van der Waals surface area contributed by atoms with Crippen LogP contribution in [0.2, 0.25) is 0 Å². The molecule has 2 aromatic heterocycles. The van der Waals surface area contributed by atoms with E-state index in [9.17, 15) is 4.79 Å². The summed E-state index contributed by atoms with van der Waals surface area (Å²) in [5.74, 6) is 0.425. The summed E-state index contributed by atoms with van der Waals surface area (Å²) in [6.07, 6.45) is 3.86. The van der Waals surface area contributed by atoms with Crippen LogP contribution in [0.25, 0.3) is 5.69 Å². The molecular formula is C29H28N4O3S. The van der Waals surface area contributed by atoms with E-state index in [2.05, 4.69) is 25.8 Å². The molecule has 3 heterocycles. The van der Waals surface area contributed by atoms with Crippen molar-refractivity contribution in [2.75, 3.05) is 12.0 Å². The second kappa shape index (κ2) is 10.4. The number of hydrogen-bond acceptors (Lipinski definition) is 5. The normalized spacial score (nSPS) is 17.1. The summed E-state index contributed by atoms with van der Waals surface area (Å²) >= 11 is 5.87. The summed E-state index contributed by atoms with van der Waals surface area (Å²) in [4.78, 5) is 19.0. The average molecular weight is 513 g/mol. The van der Waals surface area contributed by atoms with Crippen molar-refractivity contribution in [1.82, 2.24) is 14.9 Å². The Morgan fingerprint density at radius 1 is 1.00 bits per heavy atom. The average Bonchev–Trinajstić information content (AvgIpc) is 3.53. The van der Waals surface area contributed by atoms with Crippen molar-refractivity contribution in [2.24, 2.45) is 0 Å². The lowest BCUT2D eigenvalue weighted by atomic mass is 10.0. The predicted octanol–water partition coefficient (Wildman–Crippen LogP) is 5.62. The lowest BCUT2D eigenvalue weighted by Gasteiger charge is -2.29. The SMILES string of the molecule is COC(=O)c1cccc(-n2cccc2[C@H]2[C@@H](c3ccccn3)NC(=S)N2c2ccc(OC(C)C)cc2)c1. The van der Waals surface area contributed by atoms with Crippen LogP contribution in [-0.4, -0.2) is 33.8 Å². The first-order chi connectivity index (χ1) is 18.0. The number of methoxy groups -OCH3 is 1. The largest absolute Gasteiger partial charge is 0.491 e. The summed E-state index contributed by atoms with van der Waals surface area (Å²) < 4.78 is 12.9. The predicted molar refractivity (Wildman–Crippen MR) is 147 cm³/mol. The van der Waals surface area contributed by atoms with Gasteiger partial charge >= 0.3 is 5.97 Å². The van der Waals surface area contributed by atoms with Gasteiger partial charge < -0.3 is 24.3 Å². The molecule has 188 valence electrons. The van der Waals surface area contributed by atoms with E-state index >= 15 is 0 Å². The fourth-order valence-electron chi connectivity index (χ4n) is 4.66. The molecule has 0 saturated carbocycles. The minimum Gasteiger partial charge on any atom is -0.491 e. The summed E-state index contributed by atoms with van der Waals surface area (Å²) in [6, 6.07) is 24.9. The molecule has 1 N–H and O–H groups in total. The second-order valence-corrected chi connectivity index (χ2v) is 9.39. The molecule has 1 fully saturated rings. The molecule has 0 spiro atoms. The van der Waals surface area contributed by atoms with Crippen LogP contribution in [0.5, 0.6) is 5.75 Å². The molecule has 2 aromatic carbocycles. The highest BCUT2D eigenvalue weighted by molar-refractivity contribution is 7.80. The van der Waals surface area contributed by atoms with Crippen LogP contribution in [0.15, 0.2) is 91.3 Å². The molecule has 37 heavy (non-hydrogen) atoms. The minimum atomic E-state index is -0.379. The number of anilines is 1. The molecule has 4 aromatic rings. The zero-order chi connectivity index (χ0) is 25.9. The molecule has 8 heteroatoms. The highest BCUT2D eigenvalue weighted by Gasteiger charge is 2.42. The van der Waals surface area contributed by atoms with Crippen molar-refractivity contribution in [3.05, 3.63) is 108 Å². The van der Waals surface area contributed by atoms with Gasteiger partial charge in [-0.3, -0.25) is 4.98 Å². The molecule has 0 unspecified atom stereocenters. The summed E-state index contributed by atoms with van der Waals surface area (Å²) in [5, 5.41) is 4.10. The third-order valence-corrected chi connectivity index (χ3v) is 6.53. The van der Waals surface area contributed by atoms with E-state index in [1.54, 1.807) is 12.3 Å². The van der Waals surface area contributed by atoms with Gasteiger partial charge in [-0.05, 0) is 92.8 Å². The van der Waals surface area contributed by atoms with Crippen molar-refractivity contribution < 1.29 is 14.3 Å². The molecule has 2 atom stereocenters. The summed E-state index contributed by atoms with van der Waals surface area (Å²) in [7, 11) is 1.38. The van der Waals surface area contributed by atoms with Crippen molar-refractivity contribution in [2.45, 2.75) is 32.0 Å². The van der Waals surface area contributed by atoms with E-state index in [0.29, 0.717) is 10.7 Å². The van der Waals surface area contributed by atoms with Crippen LogP contribution in [0.4, 0.5) is 5.69 Å². The number of carbonyl (C=O) groups excluding carboxylic acids is 1. The lowest BCUT2D eigenvalue weighted by Crippen LogP contribution is -2.30. The van der Waals surface area contributed by atoms with E-state index in [1.165, 1.54) is 7.11 Å². The molecule has 0 amide bonds. The van der Waals surface area contributed by atoms with Gasteiger partial charge in [0.2, 0.25) is 0 Å². The summed E-state index contributed by atoms with van der Waals surface area (Å²) in [5.41, 5.74) is 4.15. The Bertz CT molecular complexity index is 1400. The fourth-order valence-corrected chi connectivity index (χ4v) is 5.01. The van der Waals surface area contributed by atoms with Gasteiger partial charge in [0.05, 0.1) is 30.5 Å². The third kappa shape index (κ3) is 4.93. The Morgan fingerprint density at radius 3 is 2.51 bits per heavy atom. The number of hydrogen-bond donors (Lipinski definition) is 1. The maximum Gasteiger partial charge on any atom is 0.337 e. The van der Waals surface area contributed by atoms with Crippen molar-refractivity contribution >= 4 is 29.0 Å². The Balaban J connectivity index is 1.60. The molecule has 0 bridgehead atoms. The highest BCUT2D eigenvalue weighted by atomic mass is 32.1.